The molecule has 0 saturated carbocycles. The van der Waals surface area contributed by atoms with E-state index in [0.29, 0.717) is 17.9 Å². The molecule has 2 atom stereocenters. The molecule has 1 aromatic heterocycles. The van der Waals surface area contributed by atoms with Gasteiger partial charge in [-0.25, -0.2) is 4.79 Å². The van der Waals surface area contributed by atoms with Crippen molar-refractivity contribution in [2.45, 2.75) is 44.2 Å². The van der Waals surface area contributed by atoms with E-state index in [0.717, 1.165) is 11.1 Å². The van der Waals surface area contributed by atoms with Crippen LogP contribution in [-0.4, -0.2) is 44.5 Å². The molecule has 2 aliphatic heterocycles. The summed E-state index contributed by atoms with van der Waals surface area (Å²) in [5.41, 5.74) is 7.46. The normalized spacial score (nSPS) is 23.7. The summed E-state index contributed by atoms with van der Waals surface area (Å²) in [7, 11) is 0. The van der Waals surface area contributed by atoms with Crippen LogP contribution < -0.4 is 5.73 Å². The number of nitrogens with zero attached hydrogens (tertiary/aromatic N) is 2. The quantitative estimate of drug-likeness (QED) is 0.658. The van der Waals surface area contributed by atoms with Crippen molar-refractivity contribution in [2.24, 2.45) is 5.73 Å². The first-order chi connectivity index (χ1) is 11.3. The predicted molar refractivity (Wildman–Crippen MR) is 91.9 cm³/mol. The summed E-state index contributed by atoms with van der Waals surface area (Å²) in [6.45, 7) is 5.43. The summed E-state index contributed by atoms with van der Waals surface area (Å²) < 4.78 is 5.52. The molecule has 1 amide bonds. The molecule has 1 aromatic rings. The highest BCUT2D eigenvalue weighted by Crippen LogP contribution is 2.40. The third-order valence-corrected chi connectivity index (χ3v) is 5.18. The molecule has 1 unspecified atom stereocenters. The van der Waals surface area contributed by atoms with E-state index < -0.39 is 17.6 Å². The smallest absolute Gasteiger partial charge is 0.355 e. The fourth-order valence-corrected chi connectivity index (χ4v) is 4.07. The monoisotopic (exact) mass is 347 g/mol. The molecule has 2 aliphatic rings. The van der Waals surface area contributed by atoms with Crippen LogP contribution in [0.4, 0.5) is 0 Å². The summed E-state index contributed by atoms with van der Waals surface area (Å²) in [5.74, 6) is -0.0466. The van der Waals surface area contributed by atoms with Crippen LogP contribution in [0.5, 0.6) is 0 Å². The number of fused-ring (bicyclic) bond motifs is 1. The first-order valence-electron chi connectivity index (χ1n) is 7.82. The maximum Gasteiger partial charge on any atom is 0.355 e. The van der Waals surface area contributed by atoms with Crippen LogP contribution in [-0.2, 0) is 20.7 Å². The summed E-state index contributed by atoms with van der Waals surface area (Å²) in [5, 5.41) is -0.183. The molecule has 3 heterocycles. The second kappa shape index (κ2) is 6.22. The van der Waals surface area contributed by atoms with Crippen LogP contribution in [0.25, 0.3) is 0 Å². The third-order valence-electron chi connectivity index (χ3n) is 3.82. The molecule has 0 bridgehead atoms. The van der Waals surface area contributed by atoms with Gasteiger partial charge in [-0.3, -0.25) is 14.7 Å². The van der Waals surface area contributed by atoms with Gasteiger partial charge in [0.05, 0.1) is 0 Å². The number of hydrogen-bond acceptors (Lipinski definition) is 6. The number of aromatic nitrogens is 1. The molecule has 24 heavy (non-hydrogen) atoms. The molecule has 6 nitrogen and oxygen atoms in total. The van der Waals surface area contributed by atoms with Gasteiger partial charge in [-0.2, -0.15) is 0 Å². The highest BCUT2D eigenvalue weighted by atomic mass is 32.2. The van der Waals surface area contributed by atoms with Crippen molar-refractivity contribution in [2.75, 3.05) is 5.75 Å². The predicted octanol–water partition coefficient (Wildman–Crippen LogP) is 1.46. The fourth-order valence-electron chi connectivity index (χ4n) is 2.78. The number of thioether (sulfide) groups is 1. The third kappa shape index (κ3) is 3.18. The minimum absolute atomic E-state index is 0.183. The number of hydrogen-bond donors (Lipinski definition) is 1. The van der Waals surface area contributed by atoms with E-state index in [1.165, 1.54) is 4.90 Å². The Morgan fingerprint density at radius 2 is 2.25 bits per heavy atom. The highest BCUT2D eigenvalue weighted by molar-refractivity contribution is 8.00. The van der Waals surface area contributed by atoms with Crippen LogP contribution in [0.2, 0.25) is 0 Å². The van der Waals surface area contributed by atoms with Crippen molar-refractivity contribution in [1.29, 1.82) is 0 Å². The average Bonchev–Trinajstić information content (AvgIpc) is 2.53. The Balaban J connectivity index is 1.95. The number of pyridine rings is 1. The van der Waals surface area contributed by atoms with Gasteiger partial charge in [-0.05, 0) is 44.4 Å². The average molecular weight is 347 g/mol. The summed E-state index contributed by atoms with van der Waals surface area (Å²) >= 11 is 1.59. The van der Waals surface area contributed by atoms with Crippen LogP contribution in [0.15, 0.2) is 35.8 Å². The Labute approximate surface area is 145 Å². The number of nitrogens with two attached hydrogens (primary N) is 1. The van der Waals surface area contributed by atoms with Crippen molar-refractivity contribution in [3.8, 4) is 0 Å². The SMILES string of the molecule is CC(C)(C)OC(=O)C1=C(Cc2cccnc2)CS[C@@H]2C(N)C(=O)N12. The Hall–Kier alpha value is -1.86. The summed E-state index contributed by atoms with van der Waals surface area (Å²) in [4.78, 5) is 30.5. The number of ether oxygens (including phenoxy) is 1. The standard InChI is InChI=1S/C17H21N3O3S/c1-17(2,3)23-16(22)13-11(7-10-5-4-6-19-8-10)9-24-15-12(18)14(21)20(13)15/h4-6,8,12,15H,7,9,18H2,1-3H3/t12?,15-/m1/s1. The van der Waals surface area contributed by atoms with E-state index in [9.17, 15) is 9.59 Å². The van der Waals surface area contributed by atoms with Crippen molar-refractivity contribution in [3.63, 3.8) is 0 Å². The first kappa shape index (κ1) is 17.0. The molecule has 0 aromatic carbocycles. The number of carbonyl (C=O) groups excluding carboxylic acids is 2. The van der Waals surface area contributed by atoms with Crippen LogP contribution in [0.1, 0.15) is 26.3 Å². The molecule has 2 N–H and O–H groups in total. The van der Waals surface area contributed by atoms with Crippen LogP contribution in [0.3, 0.4) is 0 Å². The number of carbonyl (C=O) groups is 2. The second-order valence-electron chi connectivity index (χ2n) is 6.93. The van der Waals surface area contributed by atoms with E-state index in [2.05, 4.69) is 4.98 Å². The summed E-state index contributed by atoms with van der Waals surface area (Å²) in [6.07, 6.45) is 4.03. The van der Waals surface area contributed by atoms with Gasteiger partial charge in [0.15, 0.2) is 0 Å². The molecule has 1 saturated heterocycles. The lowest BCUT2D eigenvalue weighted by Crippen LogP contribution is -2.68. The molecule has 0 spiro atoms. The minimum atomic E-state index is -0.625. The van der Waals surface area contributed by atoms with E-state index >= 15 is 0 Å². The number of rotatable bonds is 3. The zero-order valence-corrected chi connectivity index (χ0v) is 14.8. The fraction of sp³-hybridized carbons (Fsp3) is 0.471. The van der Waals surface area contributed by atoms with Gasteiger partial charge in [0, 0.05) is 18.1 Å². The van der Waals surface area contributed by atoms with Crippen LogP contribution in [0, 0.1) is 0 Å². The van der Waals surface area contributed by atoms with Crippen molar-refractivity contribution < 1.29 is 14.3 Å². The molecule has 0 radical (unpaired) electrons. The topological polar surface area (TPSA) is 85.5 Å². The van der Waals surface area contributed by atoms with Gasteiger partial charge in [0.1, 0.15) is 22.7 Å². The second-order valence-corrected chi connectivity index (χ2v) is 8.03. The van der Waals surface area contributed by atoms with Crippen molar-refractivity contribution >= 4 is 23.6 Å². The molecular formula is C17H21N3O3S. The Morgan fingerprint density at radius 1 is 1.50 bits per heavy atom. The molecular weight excluding hydrogens is 326 g/mol. The summed E-state index contributed by atoms with van der Waals surface area (Å²) in [6, 6.07) is 3.26. The zero-order chi connectivity index (χ0) is 17.5. The number of β-lactam (4-membered cyclic amide) rings is 1. The van der Waals surface area contributed by atoms with Gasteiger partial charge in [-0.15, -0.1) is 11.8 Å². The molecule has 128 valence electrons. The minimum Gasteiger partial charge on any atom is -0.455 e. The maximum absolute atomic E-state index is 12.7. The Kier molecular flexibility index (Phi) is 4.40. The lowest BCUT2D eigenvalue weighted by Gasteiger charge is -2.48. The van der Waals surface area contributed by atoms with E-state index in [1.807, 2.05) is 32.9 Å². The van der Waals surface area contributed by atoms with Crippen molar-refractivity contribution in [1.82, 2.24) is 9.88 Å². The molecule has 3 rings (SSSR count). The molecule has 1 fully saturated rings. The van der Waals surface area contributed by atoms with Crippen LogP contribution >= 0.6 is 11.8 Å². The van der Waals surface area contributed by atoms with Gasteiger partial charge in [-0.1, -0.05) is 6.07 Å². The Bertz CT molecular complexity index is 697. The van der Waals surface area contributed by atoms with Gasteiger partial charge >= 0.3 is 5.97 Å². The van der Waals surface area contributed by atoms with Crippen molar-refractivity contribution in [3.05, 3.63) is 41.4 Å². The van der Waals surface area contributed by atoms with Gasteiger partial charge in [0.2, 0.25) is 5.91 Å². The largest absolute Gasteiger partial charge is 0.455 e. The number of amides is 1. The maximum atomic E-state index is 12.7. The number of esters is 1. The van der Waals surface area contributed by atoms with Gasteiger partial charge < -0.3 is 10.5 Å². The molecule has 7 heteroatoms. The highest BCUT2D eigenvalue weighted by Gasteiger charge is 2.52. The lowest BCUT2D eigenvalue weighted by atomic mass is 10.00. The zero-order valence-electron chi connectivity index (χ0n) is 14.0. The molecule has 0 aliphatic carbocycles. The van der Waals surface area contributed by atoms with E-state index in [1.54, 1.807) is 24.2 Å². The lowest BCUT2D eigenvalue weighted by molar-refractivity contribution is -0.158. The first-order valence-corrected chi connectivity index (χ1v) is 8.87. The Morgan fingerprint density at radius 3 is 2.88 bits per heavy atom. The van der Waals surface area contributed by atoms with E-state index in [4.69, 9.17) is 10.5 Å². The van der Waals surface area contributed by atoms with E-state index in [-0.39, 0.29) is 11.3 Å². The van der Waals surface area contributed by atoms with Gasteiger partial charge in [0.25, 0.3) is 0 Å².